The summed E-state index contributed by atoms with van der Waals surface area (Å²) in [6, 6.07) is 19.8. The molecule has 2 aromatic carbocycles. The molecule has 0 bridgehead atoms. The minimum absolute atomic E-state index is 0.165. The van der Waals surface area contributed by atoms with Crippen LogP contribution in [0, 0.1) is 5.92 Å². The van der Waals surface area contributed by atoms with Crippen molar-refractivity contribution in [1.29, 1.82) is 0 Å². The number of amides is 1. The number of carbonyl (C=O) groups excluding carboxylic acids is 1. The summed E-state index contributed by atoms with van der Waals surface area (Å²) >= 11 is 0. The molecule has 5 heteroatoms. The van der Waals surface area contributed by atoms with Gasteiger partial charge in [0.15, 0.2) is 0 Å². The van der Waals surface area contributed by atoms with Crippen LogP contribution in [0.3, 0.4) is 0 Å². The molecule has 0 atom stereocenters. The molecule has 0 radical (unpaired) electrons. The number of hydrogen-bond acceptors (Lipinski definition) is 4. The first-order valence-electron chi connectivity index (χ1n) is 11.0. The number of carbonyl (C=O) groups is 1. The molecule has 0 N–H and O–H groups in total. The lowest BCUT2D eigenvalue weighted by molar-refractivity contribution is -0.134. The molecule has 5 rings (SSSR count). The molecular weight excluding hydrogens is 388 g/mol. The number of likely N-dealkylation sites (tertiary alicyclic amines) is 1. The molecule has 0 unspecified atom stereocenters. The fourth-order valence-corrected chi connectivity index (χ4v) is 3.96. The summed E-state index contributed by atoms with van der Waals surface area (Å²) in [7, 11) is 0. The van der Waals surface area contributed by atoms with Gasteiger partial charge in [-0.25, -0.2) is 0 Å². The molecule has 0 spiro atoms. The van der Waals surface area contributed by atoms with Gasteiger partial charge in [-0.2, -0.15) is 0 Å². The van der Waals surface area contributed by atoms with Crippen LogP contribution in [0.5, 0.6) is 17.2 Å². The first-order chi connectivity index (χ1) is 15.2. The molecule has 1 amide bonds. The van der Waals surface area contributed by atoms with E-state index in [0.29, 0.717) is 17.6 Å². The summed E-state index contributed by atoms with van der Waals surface area (Å²) in [6.45, 7) is 1.61. The zero-order chi connectivity index (χ0) is 21.0. The molecule has 5 nitrogen and oxygen atoms in total. The van der Waals surface area contributed by atoms with Crippen LogP contribution in [-0.4, -0.2) is 35.0 Å². The topological polar surface area (TPSA) is 51.7 Å². The molecule has 1 aromatic heterocycles. The number of benzene rings is 2. The predicted octanol–water partition coefficient (Wildman–Crippen LogP) is 5.32. The normalized spacial score (nSPS) is 16.7. The van der Waals surface area contributed by atoms with Crippen molar-refractivity contribution in [2.24, 2.45) is 5.92 Å². The molecule has 31 heavy (non-hydrogen) atoms. The zero-order valence-electron chi connectivity index (χ0n) is 17.4. The molecular formula is C26H26N2O3. The van der Waals surface area contributed by atoms with Gasteiger partial charge in [-0.3, -0.25) is 9.78 Å². The van der Waals surface area contributed by atoms with E-state index in [-0.39, 0.29) is 6.10 Å². The van der Waals surface area contributed by atoms with Gasteiger partial charge in [0.05, 0.1) is 6.20 Å². The fraction of sp³-hybridized carbons (Fsp3) is 0.308. The van der Waals surface area contributed by atoms with E-state index in [1.54, 1.807) is 6.20 Å². The number of ether oxygens (including phenoxy) is 2. The zero-order valence-corrected chi connectivity index (χ0v) is 17.4. The van der Waals surface area contributed by atoms with Crippen molar-refractivity contribution in [3.63, 3.8) is 0 Å². The lowest BCUT2D eigenvalue weighted by Gasteiger charge is -2.32. The summed E-state index contributed by atoms with van der Waals surface area (Å²) in [5.41, 5.74) is 2.05. The van der Waals surface area contributed by atoms with Crippen molar-refractivity contribution in [2.45, 2.75) is 31.8 Å². The van der Waals surface area contributed by atoms with Gasteiger partial charge in [0.25, 0.3) is 0 Å². The Morgan fingerprint density at radius 2 is 1.55 bits per heavy atom. The molecule has 2 heterocycles. The van der Waals surface area contributed by atoms with Crippen molar-refractivity contribution < 1.29 is 14.3 Å². The van der Waals surface area contributed by atoms with E-state index in [2.05, 4.69) is 4.98 Å². The molecule has 158 valence electrons. The lowest BCUT2D eigenvalue weighted by Crippen LogP contribution is -2.42. The van der Waals surface area contributed by atoms with E-state index in [4.69, 9.17) is 9.47 Å². The monoisotopic (exact) mass is 414 g/mol. The minimum Gasteiger partial charge on any atom is -0.490 e. The van der Waals surface area contributed by atoms with E-state index in [1.807, 2.05) is 71.8 Å². The third-order valence-corrected chi connectivity index (χ3v) is 5.86. The number of aromatic nitrogens is 1. The van der Waals surface area contributed by atoms with Crippen LogP contribution >= 0.6 is 0 Å². The van der Waals surface area contributed by atoms with E-state index in [9.17, 15) is 4.79 Å². The van der Waals surface area contributed by atoms with Crippen LogP contribution in [0.4, 0.5) is 0 Å². The summed E-state index contributed by atoms with van der Waals surface area (Å²) in [5.74, 6) is 3.00. The Hall–Kier alpha value is -3.34. The summed E-state index contributed by atoms with van der Waals surface area (Å²) in [5, 5.41) is 0. The minimum atomic E-state index is 0.165. The second-order valence-electron chi connectivity index (χ2n) is 8.27. The number of rotatable bonds is 6. The van der Waals surface area contributed by atoms with Crippen LogP contribution < -0.4 is 9.47 Å². The molecule has 1 aliphatic heterocycles. The number of hydrogen-bond donors (Lipinski definition) is 0. The van der Waals surface area contributed by atoms with Gasteiger partial charge in [-0.15, -0.1) is 0 Å². The highest BCUT2D eigenvalue weighted by Gasteiger charge is 2.35. The van der Waals surface area contributed by atoms with Gasteiger partial charge < -0.3 is 14.4 Å². The Balaban J connectivity index is 1.18. The number of piperidine rings is 1. The van der Waals surface area contributed by atoms with Crippen LogP contribution in [0.25, 0.3) is 11.1 Å². The molecule has 2 fully saturated rings. The third-order valence-electron chi connectivity index (χ3n) is 5.86. The van der Waals surface area contributed by atoms with Gasteiger partial charge in [-0.05, 0) is 48.7 Å². The Bertz CT molecular complexity index is 1020. The fourth-order valence-electron chi connectivity index (χ4n) is 3.96. The first-order valence-corrected chi connectivity index (χ1v) is 11.0. The summed E-state index contributed by atoms with van der Waals surface area (Å²) in [4.78, 5) is 18.5. The van der Waals surface area contributed by atoms with Crippen molar-refractivity contribution in [3.8, 4) is 28.4 Å². The molecule has 1 saturated carbocycles. The third kappa shape index (κ3) is 4.88. The van der Waals surface area contributed by atoms with Crippen molar-refractivity contribution >= 4 is 5.91 Å². The van der Waals surface area contributed by atoms with Crippen LogP contribution in [0.15, 0.2) is 73.1 Å². The first kappa shape index (κ1) is 19.6. The Morgan fingerprint density at radius 3 is 2.26 bits per heavy atom. The highest BCUT2D eigenvalue weighted by Crippen LogP contribution is 2.32. The van der Waals surface area contributed by atoms with Gasteiger partial charge in [0.2, 0.25) is 5.91 Å². The Morgan fingerprint density at radius 1 is 0.806 bits per heavy atom. The van der Waals surface area contributed by atoms with Gasteiger partial charge in [0, 0.05) is 43.6 Å². The highest BCUT2D eigenvalue weighted by atomic mass is 16.5. The molecule has 1 aliphatic carbocycles. The molecule has 1 saturated heterocycles. The standard InChI is InChI=1S/C26H26N2O3/c29-26(20-6-7-20)28-14-12-24(13-15-28)30-23-10-8-19(9-11-23)21-16-25(18-27-17-21)31-22-4-2-1-3-5-22/h1-5,8-11,16-18,20,24H,6-7,12-15H2. The smallest absolute Gasteiger partial charge is 0.225 e. The van der Waals surface area contributed by atoms with Crippen LogP contribution in [0.1, 0.15) is 25.7 Å². The average Bonchev–Trinajstić information content (AvgIpc) is 3.66. The maximum absolute atomic E-state index is 12.2. The average molecular weight is 415 g/mol. The van der Waals surface area contributed by atoms with E-state index in [0.717, 1.165) is 61.4 Å². The maximum Gasteiger partial charge on any atom is 0.225 e. The Kier molecular flexibility index (Phi) is 5.57. The Labute approximate surface area is 182 Å². The predicted molar refractivity (Wildman–Crippen MR) is 119 cm³/mol. The largest absolute Gasteiger partial charge is 0.490 e. The quantitative estimate of drug-likeness (QED) is 0.548. The second kappa shape index (κ2) is 8.80. The number of pyridine rings is 1. The van der Waals surface area contributed by atoms with Crippen LogP contribution in [0.2, 0.25) is 0 Å². The number of para-hydroxylation sites is 1. The SMILES string of the molecule is O=C(C1CC1)N1CCC(Oc2ccc(-c3cncc(Oc4ccccc4)c3)cc2)CC1. The van der Waals surface area contributed by atoms with Crippen LogP contribution in [-0.2, 0) is 4.79 Å². The van der Waals surface area contributed by atoms with E-state index >= 15 is 0 Å². The summed E-state index contributed by atoms with van der Waals surface area (Å²) < 4.78 is 12.1. The molecule has 2 aliphatic rings. The van der Waals surface area contributed by atoms with E-state index in [1.165, 1.54) is 0 Å². The van der Waals surface area contributed by atoms with Crippen molar-refractivity contribution in [2.75, 3.05) is 13.1 Å². The maximum atomic E-state index is 12.2. The highest BCUT2D eigenvalue weighted by molar-refractivity contribution is 5.81. The lowest BCUT2D eigenvalue weighted by atomic mass is 10.1. The van der Waals surface area contributed by atoms with Gasteiger partial charge in [-0.1, -0.05) is 30.3 Å². The van der Waals surface area contributed by atoms with Gasteiger partial charge in [0.1, 0.15) is 23.4 Å². The summed E-state index contributed by atoms with van der Waals surface area (Å²) in [6.07, 6.45) is 7.63. The number of nitrogens with zero attached hydrogens (tertiary/aromatic N) is 2. The van der Waals surface area contributed by atoms with E-state index < -0.39 is 0 Å². The van der Waals surface area contributed by atoms with Crippen molar-refractivity contribution in [3.05, 3.63) is 73.1 Å². The van der Waals surface area contributed by atoms with Gasteiger partial charge >= 0.3 is 0 Å². The molecule has 3 aromatic rings. The second-order valence-corrected chi connectivity index (χ2v) is 8.27. The van der Waals surface area contributed by atoms with Crippen molar-refractivity contribution in [1.82, 2.24) is 9.88 Å².